The Morgan fingerprint density at radius 3 is 2.84 bits per heavy atom. The predicted octanol–water partition coefficient (Wildman–Crippen LogP) is -1.44. The van der Waals surface area contributed by atoms with E-state index in [9.17, 15) is 13.2 Å². The molecular formula is C11H17N7O6S. The topological polar surface area (TPSA) is 190 Å². The van der Waals surface area contributed by atoms with Gasteiger partial charge in [0, 0.05) is 13.0 Å². The zero-order valence-electron chi connectivity index (χ0n) is 13.0. The van der Waals surface area contributed by atoms with E-state index in [0.717, 1.165) is 0 Å². The summed E-state index contributed by atoms with van der Waals surface area (Å²) < 4.78 is 40.4. The van der Waals surface area contributed by atoms with Gasteiger partial charge in [-0.05, 0) is 12.8 Å². The highest BCUT2D eigenvalue weighted by Gasteiger charge is 2.49. The first-order chi connectivity index (χ1) is 11.7. The van der Waals surface area contributed by atoms with Crippen LogP contribution in [0, 0.1) is 0 Å². The second-order valence-electron chi connectivity index (χ2n) is 5.60. The van der Waals surface area contributed by atoms with Crippen molar-refractivity contribution >= 4 is 22.4 Å². The Morgan fingerprint density at radius 2 is 2.16 bits per heavy atom. The Balaban J connectivity index is 1.70. The minimum Gasteiger partial charge on any atom is -0.423 e. The number of amides is 2. The summed E-state index contributed by atoms with van der Waals surface area (Å²) in [6.07, 6.45) is 1.28. The molecule has 25 heavy (non-hydrogen) atoms. The molecule has 1 aromatic heterocycles. The van der Waals surface area contributed by atoms with Crippen LogP contribution in [0.15, 0.2) is 9.41 Å². The van der Waals surface area contributed by atoms with Crippen LogP contribution in [0.1, 0.15) is 30.7 Å². The van der Waals surface area contributed by atoms with Gasteiger partial charge in [-0.25, -0.2) is 4.79 Å². The van der Waals surface area contributed by atoms with Crippen LogP contribution < -0.4 is 11.5 Å². The number of fused-ring (bicyclic) bond motifs is 2. The number of nitrogens with zero attached hydrogens (tertiary/aromatic N) is 5. The molecule has 3 rings (SSSR count). The van der Waals surface area contributed by atoms with E-state index in [1.54, 1.807) is 0 Å². The Bertz CT molecular complexity index is 789. The number of nitrogens with two attached hydrogens (primary N) is 2. The SMILES string of the molecule is NC(N)=NCCc1nnc([C@@H]2CC[C@@H]3CN2C(=O)N3OS(=O)(=O)O)o1. The van der Waals surface area contributed by atoms with Crippen LogP contribution in [0.2, 0.25) is 0 Å². The first-order valence-electron chi connectivity index (χ1n) is 7.39. The van der Waals surface area contributed by atoms with Crippen LogP contribution in [0.25, 0.3) is 0 Å². The Labute approximate surface area is 142 Å². The molecule has 2 saturated heterocycles. The van der Waals surface area contributed by atoms with E-state index in [1.165, 1.54) is 4.90 Å². The Kier molecular flexibility index (Phi) is 4.49. The number of guanidine groups is 1. The van der Waals surface area contributed by atoms with Gasteiger partial charge in [0.25, 0.3) is 0 Å². The van der Waals surface area contributed by atoms with Crippen molar-refractivity contribution in [1.82, 2.24) is 20.2 Å². The minimum absolute atomic E-state index is 0.0420. The van der Waals surface area contributed by atoms with Gasteiger partial charge in [0.2, 0.25) is 11.8 Å². The van der Waals surface area contributed by atoms with Crippen LogP contribution in [-0.2, 0) is 21.1 Å². The molecule has 0 aliphatic carbocycles. The molecule has 5 N–H and O–H groups in total. The van der Waals surface area contributed by atoms with Gasteiger partial charge in [0.1, 0.15) is 6.04 Å². The number of piperidine rings is 1. The van der Waals surface area contributed by atoms with E-state index >= 15 is 0 Å². The number of carbonyl (C=O) groups is 1. The van der Waals surface area contributed by atoms with Crippen LogP contribution in [0.4, 0.5) is 4.79 Å². The van der Waals surface area contributed by atoms with Crippen molar-refractivity contribution in [2.45, 2.75) is 31.3 Å². The first kappa shape index (κ1) is 17.4. The molecule has 2 fully saturated rings. The van der Waals surface area contributed by atoms with Gasteiger partial charge in [-0.3, -0.25) is 9.55 Å². The molecule has 13 nitrogen and oxygen atoms in total. The Hall–Kier alpha value is -2.45. The third kappa shape index (κ3) is 3.80. The summed E-state index contributed by atoms with van der Waals surface area (Å²) in [5.41, 5.74) is 10.5. The van der Waals surface area contributed by atoms with Gasteiger partial charge < -0.3 is 20.8 Å². The second kappa shape index (κ2) is 6.45. The van der Waals surface area contributed by atoms with Crippen LogP contribution in [-0.4, -0.2) is 64.3 Å². The highest BCUT2D eigenvalue weighted by atomic mass is 32.3. The normalized spacial score (nSPS) is 23.2. The number of hydroxylamine groups is 2. The van der Waals surface area contributed by atoms with Crippen molar-refractivity contribution in [1.29, 1.82) is 0 Å². The molecular weight excluding hydrogens is 358 g/mol. The van der Waals surface area contributed by atoms with E-state index in [4.69, 9.17) is 20.4 Å². The van der Waals surface area contributed by atoms with Crippen molar-refractivity contribution in [3.63, 3.8) is 0 Å². The molecule has 0 unspecified atom stereocenters. The van der Waals surface area contributed by atoms with Crippen molar-refractivity contribution in [2.75, 3.05) is 13.1 Å². The maximum Gasteiger partial charge on any atom is 0.418 e. The predicted molar refractivity (Wildman–Crippen MR) is 81.0 cm³/mol. The number of carbonyl (C=O) groups excluding carboxylic acids is 1. The maximum absolute atomic E-state index is 12.3. The van der Waals surface area contributed by atoms with Gasteiger partial charge in [-0.1, -0.05) is 0 Å². The van der Waals surface area contributed by atoms with Crippen molar-refractivity contribution < 1.29 is 26.5 Å². The molecule has 3 heterocycles. The largest absolute Gasteiger partial charge is 0.423 e. The highest BCUT2D eigenvalue weighted by molar-refractivity contribution is 7.80. The number of hydrogen-bond acceptors (Lipinski definition) is 8. The molecule has 0 aromatic carbocycles. The van der Waals surface area contributed by atoms with E-state index in [0.29, 0.717) is 30.2 Å². The van der Waals surface area contributed by atoms with Gasteiger partial charge >= 0.3 is 16.4 Å². The lowest BCUT2D eigenvalue weighted by atomic mass is 10.0. The first-order valence-corrected chi connectivity index (χ1v) is 8.75. The minimum atomic E-state index is -4.78. The lowest BCUT2D eigenvalue weighted by molar-refractivity contribution is -0.0317. The summed E-state index contributed by atoms with van der Waals surface area (Å²) in [6.45, 7) is 0.514. The molecule has 2 bridgehead atoms. The van der Waals surface area contributed by atoms with Crippen LogP contribution in [0.3, 0.4) is 0 Å². The fourth-order valence-electron chi connectivity index (χ4n) is 2.87. The molecule has 2 aliphatic heterocycles. The van der Waals surface area contributed by atoms with Gasteiger partial charge in [0.05, 0.1) is 12.6 Å². The molecule has 0 saturated carbocycles. The number of urea groups is 1. The summed E-state index contributed by atoms with van der Waals surface area (Å²) in [6, 6.07) is -1.66. The molecule has 2 atom stereocenters. The molecule has 0 spiro atoms. The standard InChI is InChI=1S/C11H17N7O6S/c12-10(13)14-4-3-8-15-16-9(23-8)7-2-1-6-5-17(7)11(19)18(6)24-25(20,21)22/h6-7H,1-5H2,(H4,12,13,14)(H,20,21,22)/t6-,7+/m1/s1. The molecule has 1 aromatic rings. The van der Waals surface area contributed by atoms with Gasteiger partial charge in [-0.2, -0.15) is 13.5 Å². The molecule has 138 valence electrons. The molecule has 14 heteroatoms. The van der Waals surface area contributed by atoms with Crippen molar-refractivity contribution in [3.05, 3.63) is 11.8 Å². The summed E-state index contributed by atoms with van der Waals surface area (Å²) >= 11 is 0. The van der Waals surface area contributed by atoms with E-state index in [1.807, 2.05) is 0 Å². The summed E-state index contributed by atoms with van der Waals surface area (Å²) in [7, 11) is -4.78. The summed E-state index contributed by atoms with van der Waals surface area (Å²) in [5, 5.41) is 8.49. The summed E-state index contributed by atoms with van der Waals surface area (Å²) in [5.74, 6) is 0.514. The number of aromatic nitrogens is 2. The van der Waals surface area contributed by atoms with E-state index < -0.39 is 28.5 Å². The highest BCUT2D eigenvalue weighted by Crippen LogP contribution is 2.38. The average Bonchev–Trinajstić information content (AvgIpc) is 3.06. The van der Waals surface area contributed by atoms with Crippen LogP contribution >= 0.6 is 0 Å². The second-order valence-corrected chi connectivity index (χ2v) is 6.61. The molecule has 2 aliphatic rings. The fourth-order valence-corrected chi connectivity index (χ4v) is 3.26. The van der Waals surface area contributed by atoms with E-state index in [-0.39, 0.29) is 24.9 Å². The third-order valence-electron chi connectivity index (χ3n) is 3.88. The van der Waals surface area contributed by atoms with Crippen molar-refractivity contribution in [2.24, 2.45) is 16.5 Å². The smallest absolute Gasteiger partial charge is 0.418 e. The van der Waals surface area contributed by atoms with E-state index in [2.05, 4.69) is 19.5 Å². The lowest BCUT2D eigenvalue weighted by Gasteiger charge is -2.27. The molecule has 2 amide bonds. The molecule has 0 radical (unpaired) electrons. The Morgan fingerprint density at radius 1 is 1.40 bits per heavy atom. The van der Waals surface area contributed by atoms with Gasteiger partial charge in [0.15, 0.2) is 5.96 Å². The van der Waals surface area contributed by atoms with Crippen molar-refractivity contribution in [3.8, 4) is 0 Å². The monoisotopic (exact) mass is 375 g/mol. The zero-order chi connectivity index (χ0) is 18.2. The van der Waals surface area contributed by atoms with Crippen LogP contribution in [0.5, 0.6) is 0 Å². The number of aliphatic imine (C=N–C) groups is 1. The fraction of sp³-hybridized carbons (Fsp3) is 0.636. The number of hydrogen-bond donors (Lipinski definition) is 3. The average molecular weight is 375 g/mol. The third-order valence-corrected chi connectivity index (χ3v) is 4.23. The maximum atomic E-state index is 12.3. The zero-order valence-corrected chi connectivity index (χ0v) is 13.8. The summed E-state index contributed by atoms with van der Waals surface area (Å²) in [4.78, 5) is 17.5. The number of rotatable bonds is 6. The van der Waals surface area contributed by atoms with Gasteiger partial charge in [-0.15, -0.1) is 14.5 Å². The lowest BCUT2D eigenvalue weighted by Crippen LogP contribution is -2.35. The quantitative estimate of drug-likeness (QED) is 0.301.